The topological polar surface area (TPSA) is 29.9 Å². The second-order valence-electron chi connectivity index (χ2n) is 5.52. The lowest BCUT2D eigenvalue weighted by molar-refractivity contribution is 0.273. The Bertz CT molecular complexity index is 647. The molecular weight excluding hydrogens is 338 g/mol. The fourth-order valence-electron chi connectivity index (χ4n) is 2.94. The first-order valence-electron chi connectivity index (χ1n) is 6.67. The number of rotatable bonds is 3. The van der Waals surface area contributed by atoms with Gasteiger partial charge in [-0.3, -0.25) is 4.68 Å². The van der Waals surface area contributed by atoms with E-state index in [4.69, 9.17) is 11.6 Å². The predicted octanol–water partition coefficient (Wildman–Crippen LogP) is 3.23. The van der Waals surface area contributed by atoms with Crippen LogP contribution in [0.1, 0.15) is 16.8 Å². The smallest absolute Gasteiger partial charge is 0.130 e. The average Bonchev–Trinajstić information content (AvgIpc) is 2.61. The first-order valence-corrected chi connectivity index (χ1v) is 7.84. The van der Waals surface area contributed by atoms with Gasteiger partial charge in [-0.2, -0.15) is 5.10 Å². The Morgan fingerprint density at radius 3 is 2.60 bits per heavy atom. The van der Waals surface area contributed by atoms with Crippen LogP contribution in [0.2, 0.25) is 5.15 Å². The molecule has 1 aromatic heterocycles. The number of aromatic nitrogens is 2. The normalized spacial score (nSPS) is 17.0. The van der Waals surface area contributed by atoms with Crippen LogP contribution < -0.4 is 5.32 Å². The monoisotopic (exact) mass is 353 g/mol. The molecule has 0 unspecified atom stereocenters. The zero-order valence-electron chi connectivity index (χ0n) is 11.6. The second-order valence-corrected chi connectivity index (χ2v) is 6.73. The van der Waals surface area contributed by atoms with Crippen molar-refractivity contribution in [2.24, 2.45) is 7.05 Å². The molecule has 0 atom stereocenters. The lowest BCUT2D eigenvalue weighted by Gasteiger charge is -2.44. The third kappa shape index (κ3) is 2.20. The van der Waals surface area contributed by atoms with Crippen molar-refractivity contribution in [1.82, 2.24) is 15.1 Å². The molecule has 1 aromatic carbocycles. The fraction of sp³-hybridized carbons (Fsp3) is 0.400. The summed E-state index contributed by atoms with van der Waals surface area (Å²) in [7, 11) is 1.89. The highest BCUT2D eigenvalue weighted by Gasteiger charge is 2.41. The molecule has 2 heterocycles. The maximum absolute atomic E-state index is 6.40. The second kappa shape index (κ2) is 5.17. The summed E-state index contributed by atoms with van der Waals surface area (Å²) < 4.78 is 2.92. The Labute approximate surface area is 132 Å². The van der Waals surface area contributed by atoms with Crippen molar-refractivity contribution in [3.63, 3.8) is 0 Å². The lowest BCUT2D eigenvalue weighted by Crippen LogP contribution is -2.58. The van der Waals surface area contributed by atoms with E-state index in [1.54, 1.807) is 4.68 Å². The third-order valence-corrected chi connectivity index (χ3v) is 5.32. The van der Waals surface area contributed by atoms with Crippen LogP contribution in [0.15, 0.2) is 28.7 Å². The molecule has 1 aliphatic heterocycles. The molecule has 3 rings (SSSR count). The van der Waals surface area contributed by atoms with Crippen LogP contribution in [0.4, 0.5) is 0 Å². The first kappa shape index (κ1) is 14.1. The number of hydrogen-bond acceptors (Lipinski definition) is 2. The third-order valence-electron chi connectivity index (χ3n) is 4.16. The minimum Gasteiger partial charge on any atom is -0.315 e. The Hall–Kier alpha value is -0.840. The molecule has 2 aromatic rings. The zero-order valence-corrected chi connectivity index (χ0v) is 13.9. The SMILES string of the molecule is Cc1nn(C)c(Cl)c1CC1(c2ccccc2Br)CNC1. The highest BCUT2D eigenvalue weighted by Crippen LogP contribution is 2.38. The van der Waals surface area contributed by atoms with E-state index in [9.17, 15) is 0 Å². The molecule has 0 bridgehead atoms. The van der Waals surface area contributed by atoms with Gasteiger partial charge in [0.25, 0.3) is 0 Å². The van der Waals surface area contributed by atoms with Gasteiger partial charge < -0.3 is 5.32 Å². The van der Waals surface area contributed by atoms with Crippen LogP contribution in [-0.4, -0.2) is 22.9 Å². The lowest BCUT2D eigenvalue weighted by atomic mass is 9.71. The molecule has 1 saturated heterocycles. The van der Waals surface area contributed by atoms with Crippen molar-refractivity contribution in [3.8, 4) is 0 Å². The standard InChI is InChI=1S/C15H17BrClN3/c1-10-11(14(17)20(2)19-10)7-15(8-18-9-15)12-5-3-4-6-13(12)16/h3-6,18H,7-9H2,1-2H3. The van der Waals surface area contributed by atoms with Gasteiger partial charge in [0.2, 0.25) is 0 Å². The van der Waals surface area contributed by atoms with Gasteiger partial charge in [-0.15, -0.1) is 0 Å². The number of benzene rings is 1. The summed E-state index contributed by atoms with van der Waals surface area (Å²) >= 11 is 10.1. The van der Waals surface area contributed by atoms with E-state index in [-0.39, 0.29) is 5.41 Å². The van der Waals surface area contributed by atoms with E-state index < -0.39 is 0 Å². The Kier molecular flexibility index (Phi) is 3.65. The van der Waals surface area contributed by atoms with E-state index in [1.165, 1.54) is 10.0 Å². The molecule has 1 aliphatic rings. The number of halogens is 2. The molecular formula is C15H17BrClN3. The number of nitrogens with zero attached hydrogens (tertiary/aromatic N) is 2. The Morgan fingerprint density at radius 2 is 2.10 bits per heavy atom. The van der Waals surface area contributed by atoms with Gasteiger partial charge >= 0.3 is 0 Å². The van der Waals surface area contributed by atoms with E-state index in [2.05, 4.69) is 50.6 Å². The minimum atomic E-state index is 0.109. The van der Waals surface area contributed by atoms with Gasteiger partial charge in [0, 0.05) is 35.6 Å². The summed E-state index contributed by atoms with van der Waals surface area (Å²) in [6.07, 6.45) is 0.918. The number of hydrogen-bond donors (Lipinski definition) is 1. The van der Waals surface area contributed by atoms with E-state index in [0.717, 1.165) is 35.9 Å². The van der Waals surface area contributed by atoms with Crippen molar-refractivity contribution in [2.75, 3.05) is 13.1 Å². The number of nitrogens with one attached hydrogen (secondary N) is 1. The largest absolute Gasteiger partial charge is 0.315 e. The van der Waals surface area contributed by atoms with Gasteiger partial charge in [0.15, 0.2) is 0 Å². The average molecular weight is 355 g/mol. The minimum absolute atomic E-state index is 0.109. The zero-order chi connectivity index (χ0) is 14.3. The molecule has 0 radical (unpaired) electrons. The van der Waals surface area contributed by atoms with Crippen molar-refractivity contribution in [3.05, 3.63) is 50.7 Å². The molecule has 0 aliphatic carbocycles. The van der Waals surface area contributed by atoms with E-state index in [0.29, 0.717) is 0 Å². The van der Waals surface area contributed by atoms with Gasteiger partial charge in [0.1, 0.15) is 5.15 Å². The van der Waals surface area contributed by atoms with Crippen molar-refractivity contribution < 1.29 is 0 Å². The predicted molar refractivity (Wildman–Crippen MR) is 85.3 cm³/mol. The highest BCUT2D eigenvalue weighted by atomic mass is 79.9. The summed E-state index contributed by atoms with van der Waals surface area (Å²) in [6.45, 7) is 3.97. The highest BCUT2D eigenvalue weighted by molar-refractivity contribution is 9.10. The van der Waals surface area contributed by atoms with Crippen LogP contribution in [-0.2, 0) is 18.9 Å². The molecule has 0 spiro atoms. The maximum atomic E-state index is 6.40. The Balaban J connectivity index is 2.01. The van der Waals surface area contributed by atoms with Crippen molar-refractivity contribution >= 4 is 27.5 Å². The summed E-state index contributed by atoms with van der Waals surface area (Å²) in [4.78, 5) is 0. The molecule has 0 amide bonds. The maximum Gasteiger partial charge on any atom is 0.130 e. The summed E-state index contributed by atoms with van der Waals surface area (Å²) in [5.74, 6) is 0. The quantitative estimate of drug-likeness (QED) is 0.917. The van der Waals surface area contributed by atoms with Crippen LogP contribution in [0, 0.1) is 6.92 Å². The van der Waals surface area contributed by atoms with Crippen LogP contribution in [0.25, 0.3) is 0 Å². The van der Waals surface area contributed by atoms with Gasteiger partial charge in [0.05, 0.1) is 5.69 Å². The Morgan fingerprint density at radius 1 is 1.40 bits per heavy atom. The van der Waals surface area contributed by atoms with Gasteiger partial charge in [-0.25, -0.2) is 0 Å². The van der Waals surface area contributed by atoms with Crippen LogP contribution in [0.3, 0.4) is 0 Å². The molecule has 3 nitrogen and oxygen atoms in total. The molecule has 1 fully saturated rings. The molecule has 106 valence electrons. The van der Waals surface area contributed by atoms with Crippen LogP contribution in [0.5, 0.6) is 0 Å². The van der Waals surface area contributed by atoms with Crippen molar-refractivity contribution in [1.29, 1.82) is 0 Å². The van der Waals surface area contributed by atoms with Crippen LogP contribution >= 0.6 is 27.5 Å². The molecule has 0 saturated carbocycles. The number of aryl methyl sites for hydroxylation is 2. The molecule has 1 N–H and O–H groups in total. The summed E-state index contributed by atoms with van der Waals surface area (Å²) in [5, 5.41) is 8.58. The van der Waals surface area contributed by atoms with Gasteiger partial charge in [-0.1, -0.05) is 45.7 Å². The first-order chi connectivity index (χ1) is 9.53. The van der Waals surface area contributed by atoms with Crippen molar-refractivity contribution in [2.45, 2.75) is 18.8 Å². The van der Waals surface area contributed by atoms with E-state index >= 15 is 0 Å². The van der Waals surface area contributed by atoms with E-state index in [1.807, 2.05) is 14.0 Å². The van der Waals surface area contributed by atoms with Gasteiger partial charge in [-0.05, 0) is 25.0 Å². The fourth-order valence-corrected chi connectivity index (χ4v) is 3.89. The summed E-state index contributed by atoms with van der Waals surface area (Å²) in [5.41, 5.74) is 3.64. The summed E-state index contributed by atoms with van der Waals surface area (Å²) in [6, 6.07) is 8.45. The molecule has 20 heavy (non-hydrogen) atoms. The molecule has 5 heteroatoms.